The van der Waals surface area contributed by atoms with Gasteiger partial charge in [-0.2, -0.15) is 0 Å². The van der Waals surface area contributed by atoms with Crippen LogP contribution < -0.4 is 0 Å². The third-order valence-corrected chi connectivity index (χ3v) is 2.22. The zero-order valence-corrected chi connectivity index (χ0v) is 15.4. The SMILES string of the molecule is CC(CCOOC(C)(C)C)OOC(C)CCOOC(C)(C)C. The summed E-state index contributed by atoms with van der Waals surface area (Å²) in [4.78, 5) is 31.2. The summed E-state index contributed by atoms with van der Waals surface area (Å²) in [6.45, 7) is 16.4. The normalized spacial score (nSPS) is 15.8. The molecular formula is C16H34O6. The third kappa shape index (κ3) is 16.1. The molecule has 134 valence electrons. The fourth-order valence-corrected chi connectivity index (χ4v) is 1.15. The average Bonchev–Trinajstić information content (AvgIpc) is 2.35. The molecule has 0 amide bonds. The van der Waals surface area contributed by atoms with Gasteiger partial charge in [0.25, 0.3) is 0 Å². The van der Waals surface area contributed by atoms with Crippen molar-refractivity contribution in [2.24, 2.45) is 0 Å². The Hall–Kier alpha value is -0.240. The van der Waals surface area contributed by atoms with Crippen molar-refractivity contribution in [3.8, 4) is 0 Å². The summed E-state index contributed by atoms with van der Waals surface area (Å²) in [6.07, 6.45) is 1.23. The van der Waals surface area contributed by atoms with Crippen LogP contribution in [0.15, 0.2) is 0 Å². The van der Waals surface area contributed by atoms with Crippen LogP contribution in [0.4, 0.5) is 0 Å². The van der Waals surface area contributed by atoms with Gasteiger partial charge >= 0.3 is 0 Å². The first-order valence-electron chi connectivity index (χ1n) is 7.93. The molecule has 0 radical (unpaired) electrons. The highest BCUT2D eigenvalue weighted by Crippen LogP contribution is 2.10. The molecule has 0 rings (SSSR count). The van der Waals surface area contributed by atoms with E-state index >= 15 is 0 Å². The van der Waals surface area contributed by atoms with Crippen molar-refractivity contribution in [2.45, 2.75) is 91.6 Å². The van der Waals surface area contributed by atoms with Gasteiger partial charge in [0.05, 0.1) is 36.6 Å². The second-order valence-electron chi connectivity index (χ2n) is 7.43. The second kappa shape index (κ2) is 10.5. The van der Waals surface area contributed by atoms with Crippen molar-refractivity contribution in [3.05, 3.63) is 0 Å². The molecule has 0 aromatic heterocycles. The lowest BCUT2D eigenvalue weighted by atomic mass is 10.2. The van der Waals surface area contributed by atoms with Gasteiger partial charge in [0, 0.05) is 12.8 Å². The molecule has 0 heterocycles. The summed E-state index contributed by atoms with van der Waals surface area (Å²) in [5.74, 6) is 0. The van der Waals surface area contributed by atoms with E-state index in [1.54, 1.807) is 0 Å². The molecule has 2 atom stereocenters. The molecule has 0 spiro atoms. The van der Waals surface area contributed by atoms with E-state index in [4.69, 9.17) is 29.3 Å². The van der Waals surface area contributed by atoms with Crippen molar-refractivity contribution >= 4 is 0 Å². The molecule has 2 unspecified atom stereocenters. The van der Waals surface area contributed by atoms with Gasteiger partial charge in [-0.3, -0.25) is 0 Å². The highest BCUT2D eigenvalue weighted by molar-refractivity contribution is 4.55. The van der Waals surface area contributed by atoms with Gasteiger partial charge in [0.1, 0.15) is 0 Å². The van der Waals surface area contributed by atoms with Crippen LogP contribution in [0.5, 0.6) is 0 Å². The molecule has 6 heteroatoms. The Balaban J connectivity index is 3.54. The fraction of sp³-hybridized carbons (Fsp3) is 1.00. The minimum atomic E-state index is -0.301. The van der Waals surface area contributed by atoms with E-state index in [1.165, 1.54) is 0 Å². The van der Waals surface area contributed by atoms with Gasteiger partial charge in [0.2, 0.25) is 0 Å². The number of hydrogen-bond acceptors (Lipinski definition) is 6. The topological polar surface area (TPSA) is 55.4 Å². The van der Waals surface area contributed by atoms with Gasteiger partial charge < -0.3 is 0 Å². The Labute approximate surface area is 135 Å². The van der Waals surface area contributed by atoms with Gasteiger partial charge in [0.15, 0.2) is 0 Å². The lowest BCUT2D eigenvalue weighted by Gasteiger charge is -2.20. The van der Waals surface area contributed by atoms with Gasteiger partial charge in [-0.25, -0.2) is 29.3 Å². The quantitative estimate of drug-likeness (QED) is 0.326. The first-order valence-corrected chi connectivity index (χ1v) is 7.93. The van der Waals surface area contributed by atoms with Gasteiger partial charge in [-0.1, -0.05) is 0 Å². The summed E-state index contributed by atoms with van der Waals surface area (Å²) < 4.78 is 0. The van der Waals surface area contributed by atoms with Crippen LogP contribution in [0.3, 0.4) is 0 Å². The van der Waals surface area contributed by atoms with Crippen molar-refractivity contribution in [1.82, 2.24) is 0 Å². The highest BCUT2D eigenvalue weighted by atomic mass is 17.2. The summed E-state index contributed by atoms with van der Waals surface area (Å²) in [5.41, 5.74) is -0.603. The third-order valence-electron chi connectivity index (χ3n) is 2.22. The van der Waals surface area contributed by atoms with E-state index in [9.17, 15) is 0 Å². The van der Waals surface area contributed by atoms with Crippen LogP contribution in [0.1, 0.15) is 68.2 Å². The van der Waals surface area contributed by atoms with E-state index in [0.29, 0.717) is 26.1 Å². The van der Waals surface area contributed by atoms with E-state index in [-0.39, 0.29) is 23.4 Å². The lowest BCUT2D eigenvalue weighted by Crippen LogP contribution is -2.23. The van der Waals surface area contributed by atoms with Crippen molar-refractivity contribution in [2.75, 3.05) is 13.2 Å². The van der Waals surface area contributed by atoms with Gasteiger partial charge in [-0.15, -0.1) is 0 Å². The molecule has 0 aromatic carbocycles. The summed E-state index contributed by atoms with van der Waals surface area (Å²) in [7, 11) is 0. The molecule has 0 saturated heterocycles. The Morgan fingerprint density at radius 1 is 0.636 bits per heavy atom. The van der Waals surface area contributed by atoms with Crippen LogP contribution >= 0.6 is 0 Å². The molecule has 0 saturated carbocycles. The van der Waals surface area contributed by atoms with Crippen LogP contribution in [0, 0.1) is 0 Å². The van der Waals surface area contributed by atoms with E-state index in [2.05, 4.69) is 0 Å². The maximum Gasteiger partial charge on any atom is 0.0952 e. The number of rotatable bonds is 11. The molecule has 6 nitrogen and oxygen atoms in total. The van der Waals surface area contributed by atoms with Crippen molar-refractivity contribution in [1.29, 1.82) is 0 Å². The molecule has 0 fully saturated rings. The minimum Gasteiger partial charge on any atom is -0.236 e. The zero-order valence-electron chi connectivity index (χ0n) is 15.4. The van der Waals surface area contributed by atoms with E-state index < -0.39 is 0 Å². The molecule has 0 bridgehead atoms. The summed E-state index contributed by atoms with van der Waals surface area (Å²) in [6, 6.07) is 0. The zero-order chi connectivity index (χ0) is 17.2. The maximum atomic E-state index is 5.30. The molecule has 0 N–H and O–H groups in total. The molecule has 0 aliphatic rings. The molecular weight excluding hydrogens is 288 g/mol. The van der Waals surface area contributed by atoms with Crippen molar-refractivity contribution in [3.63, 3.8) is 0 Å². The molecule has 0 aliphatic carbocycles. The molecule has 0 aliphatic heterocycles. The largest absolute Gasteiger partial charge is 0.236 e. The Kier molecular flexibility index (Phi) is 10.4. The minimum absolute atomic E-state index is 0.0715. The average molecular weight is 322 g/mol. The second-order valence-corrected chi connectivity index (χ2v) is 7.43. The van der Waals surface area contributed by atoms with Crippen molar-refractivity contribution < 1.29 is 29.3 Å². The molecule has 22 heavy (non-hydrogen) atoms. The fourth-order valence-electron chi connectivity index (χ4n) is 1.15. The standard InChI is InChI=1S/C16H34O6/c1-13(9-11-17-21-15(3,4)5)19-20-14(2)10-12-18-22-16(6,7)8/h13-14H,9-12H2,1-8H3. The first kappa shape index (κ1) is 21.8. The predicted molar refractivity (Wildman–Crippen MR) is 83.9 cm³/mol. The van der Waals surface area contributed by atoms with Crippen LogP contribution in [-0.4, -0.2) is 36.6 Å². The lowest BCUT2D eigenvalue weighted by molar-refractivity contribution is -0.375. The van der Waals surface area contributed by atoms with Gasteiger partial charge in [-0.05, 0) is 55.4 Å². The predicted octanol–water partition coefficient (Wildman–Crippen LogP) is 3.99. The highest BCUT2D eigenvalue weighted by Gasteiger charge is 2.14. The maximum absolute atomic E-state index is 5.30. The first-order chi connectivity index (χ1) is 9.99. The monoisotopic (exact) mass is 322 g/mol. The van der Waals surface area contributed by atoms with Crippen LogP contribution in [0.25, 0.3) is 0 Å². The molecule has 0 aromatic rings. The summed E-state index contributed by atoms with van der Waals surface area (Å²) in [5, 5.41) is 0. The smallest absolute Gasteiger partial charge is 0.0952 e. The Bertz CT molecular complexity index is 241. The van der Waals surface area contributed by atoms with Crippen LogP contribution in [0.2, 0.25) is 0 Å². The van der Waals surface area contributed by atoms with Crippen LogP contribution in [-0.2, 0) is 29.3 Å². The Morgan fingerprint density at radius 2 is 0.955 bits per heavy atom. The summed E-state index contributed by atoms with van der Waals surface area (Å²) >= 11 is 0. The van der Waals surface area contributed by atoms with E-state index in [1.807, 2.05) is 55.4 Å². The van der Waals surface area contributed by atoms with E-state index in [0.717, 1.165) is 0 Å². The Morgan fingerprint density at radius 3 is 1.23 bits per heavy atom. The number of hydrogen-bond donors (Lipinski definition) is 0.